The van der Waals surface area contributed by atoms with Gasteiger partial charge in [-0.1, -0.05) is 23.9 Å². The number of aryl methyl sites for hydroxylation is 2. The molecular weight excluding hydrogens is 380 g/mol. The van der Waals surface area contributed by atoms with Gasteiger partial charge in [-0.3, -0.25) is 4.79 Å². The molecule has 0 radical (unpaired) electrons. The Morgan fingerprint density at radius 3 is 2.89 bits per heavy atom. The minimum absolute atomic E-state index is 0.0645. The molecule has 0 bridgehead atoms. The predicted molar refractivity (Wildman–Crippen MR) is 111 cm³/mol. The van der Waals surface area contributed by atoms with Crippen LogP contribution in [0.2, 0.25) is 0 Å². The van der Waals surface area contributed by atoms with E-state index in [-0.39, 0.29) is 5.56 Å². The fourth-order valence-corrected chi connectivity index (χ4v) is 5.02. The van der Waals surface area contributed by atoms with Gasteiger partial charge in [0, 0.05) is 18.5 Å². The average Bonchev–Trinajstić information content (AvgIpc) is 3.15. The standard InChI is InChI=1S/C19H20N4O2S2/c1-11-12(2)27-18-16(11)17(24)21-15(22-18)10-26-19-20-13-6-4-5-7-14(13)23(19)8-9-25-3/h4-7H,8-10H2,1-3H3,(H,21,22,24). The summed E-state index contributed by atoms with van der Waals surface area (Å²) in [5.41, 5.74) is 2.99. The molecule has 0 saturated carbocycles. The highest BCUT2D eigenvalue weighted by atomic mass is 32.2. The molecule has 8 heteroatoms. The van der Waals surface area contributed by atoms with Gasteiger partial charge in [-0.15, -0.1) is 11.3 Å². The van der Waals surface area contributed by atoms with E-state index in [4.69, 9.17) is 9.72 Å². The maximum Gasteiger partial charge on any atom is 0.259 e. The number of H-pyrrole nitrogens is 1. The fourth-order valence-electron chi connectivity index (χ4n) is 3.06. The van der Waals surface area contributed by atoms with Crippen molar-refractivity contribution >= 4 is 44.3 Å². The number of hydrogen-bond acceptors (Lipinski definition) is 6. The van der Waals surface area contributed by atoms with Gasteiger partial charge in [0.1, 0.15) is 10.7 Å². The summed E-state index contributed by atoms with van der Waals surface area (Å²) in [6.07, 6.45) is 0. The molecule has 4 aromatic rings. The number of imidazole rings is 1. The van der Waals surface area contributed by atoms with Crippen molar-refractivity contribution < 1.29 is 4.74 Å². The number of thioether (sulfide) groups is 1. The van der Waals surface area contributed by atoms with Crippen molar-refractivity contribution in [3.8, 4) is 0 Å². The minimum Gasteiger partial charge on any atom is -0.383 e. The van der Waals surface area contributed by atoms with Crippen LogP contribution in [0.4, 0.5) is 0 Å². The minimum atomic E-state index is -0.0645. The van der Waals surface area contributed by atoms with Crippen LogP contribution in [0.5, 0.6) is 0 Å². The first-order valence-electron chi connectivity index (χ1n) is 8.64. The second kappa shape index (κ2) is 7.46. The normalized spacial score (nSPS) is 11.7. The van der Waals surface area contributed by atoms with E-state index >= 15 is 0 Å². The van der Waals surface area contributed by atoms with Crippen LogP contribution in [0.1, 0.15) is 16.3 Å². The van der Waals surface area contributed by atoms with Crippen LogP contribution in [-0.2, 0) is 17.0 Å². The van der Waals surface area contributed by atoms with Crippen molar-refractivity contribution in [1.82, 2.24) is 19.5 Å². The molecule has 0 saturated heterocycles. The van der Waals surface area contributed by atoms with E-state index in [0.29, 0.717) is 23.6 Å². The summed E-state index contributed by atoms with van der Waals surface area (Å²) in [4.78, 5) is 26.7. The molecule has 3 heterocycles. The molecule has 0 aliphatic heterocycles. The second-order valence-electron chi connectivity index (χ2n) is 6.29. The van der Waals surface area contributed by atoms with E-state index in [1.54, 1.807) is 30.2 Å². The summed E-state index contributed by atoms with van der Waals surface area (Å²) in [6.45, 7) is 5.33. The third-order valence-corrected chi connectivity index (χ3v) is 6.65. The summed E-state index contributed by atoms with van der Waals surface area (Å²) >= 11 is 3.14. The van der Waals surface area contributed by atoms with Gasteiger partial charge in [0.25, 0.3) is 5.56 Å². The molecule has 3 aromatic heterocycles. The van der Waals surface area contributed by atoms with Crippen LogP contribution < -0.4 is 5.56 Å². The smallest absolute Gasteiger partial charge is 0.259 e. The zero-order chi connectivity index (χ0) is 19.0. The molecule has 1 aromatic carbocycles. The van der Waals surface area contributed by atoms with Crippen LogP contribution in [0.3, 0.4) is 0 Å². The first-order chi connectivity index (χ1) is 13.1. The Hall–Kier alpha value is -2.16. The van der Waals surface area contributed by atoms with E-state index in [1.807, 2.05) is 32.0 Å². The highest BCUT2D eigenvalue weighted by Gasteiger charge is 2.14. The Bertz CT molecular complexity index is 1180. The second-order valence-corrected chi connectivity index (χ2v) is 8.44. The van der Waals surface area contributed by atoms with E-state index in [2.05, 4.69) is 20.6 Å². The van der Waals surface area contributed by atoms with Crippen molar-refractivity contribution in [2.75, 3.05) is 13.7 Å². The van der Waals surface area contributed by atoms with E-state index in [1.165, 1.54) is 0 Å². The van der Waals surface area contributed by atoms with Crippen LogP contribution >= 0.6 is 23.1 Å². The number of fused-ring (bicyclic) bond motifs is 2. The lowest BCUT2D eigenvalue weighted by Crippen LogP contribution is -2.11. The summed E-state index contributed by atoms with van der Waals surface area (Å²) < 4.78 is 7.40. The molecule has 4 rings (SSSR count). The van der Waals surface area contributed by atoms with Crippen molar-refractivity contribution in [2.24, 2.45) is 0 Å². The lowest BCUT2D eigenvalue weighted by Gasteiger charge is -2.08. The number of benzene rings is 1. The number of aromatic amines is 1. The van der Waals surface area contributed by atoms with Crippen LogP contribution in [0.25, 0.3) is 21.3 Å². The van der Waals surface area contributed by atoms with Gasteiger partial charge in [-0.05, 0) is 31.5 Å². The Morgan fingerprint density at radius 2 is 2.07 bits per heavy atom. The Labute approximate surface area is 164 Å². The topological polar surface area (TPSA) is 72.8 Å². The maximum absolute atomic E-state index is 12.5. The molecule has 1 N–H and O–H groups in total. The van der Waals surface area contributed by atoms with Crippen molar-refractivity contribution in [2.45, 2.75) is 31.3 Å². The summed E-state index contributed by atoms with van der Waals surface area (Å²) in [5, 5.41) is 1.60. The SMILES string of the molecule is COCCn1c(SCc2nc3sc(C)c(C)c3c(=O)[nH]2)nc2ccccc21. The van der Waals surface area contributed by atoms with Crippen molar-refractivity contribution in [3.63, 3.8) is 0 Å². The van der Waals surface area contributed by atoms with Crippen molar-refractivity contribution in [3.05, 3.63) is 50.9 Å². The predicted octanol–water partition coefficient (Wildman–Crippen LogP) is 3.89. The monoisotopic (exact) mass is 400 g/mol. The number of thiophene rings is 1. The van der Waals surface area contributed by atoms with Gasteiger partial charge in [0.05, 0.1) is 28.8 Å². The third-order valence-electron chi connectivity index (χ3n) is 4.56. The van der Waals surface area contributed by atoms with E-state index in [9.17, 15) is 4.79 Å². The van der Waals surface area contributed by atoms with Crippen LogP contribution in [0.15, 0.2) is 34.2 Å². The molecule has 0 spiro atoms. The average molecular weight is 401 g/mol. The van der Waals surface area contributed by atoms with Crippen LogP contribution in [-0.4, -0.2) is 33.2 Å². The molecule has 140 valence electrons. The maximum atomic E-state index is 12.5. The summed E-state index contributed by atoms with van der Waals surface area (Å²) in [5.74, 6) is 1.22. The molecule has 0 amide bonds. The zero-order valence-electron chi connectivity index (χ0n) is 15.4. The molecule has 0 aliphatic rings. The number of rotatable bonds is 6. The van der Waals surface area contributed by atoms with E-state index < -0.39 is 0 Å². The highest BCUT2D eigenvalue weighted by molar-refractivity contribution is 7.98. The van der Waals surface area contributed by atoms with Gasteiger partial charge < -0.3 is 14.3 Å². The molecular formula is C19H20N4O2S2. The lowest BCUT2D eigenvalue weighted by molar-refractivity contribution is 0.186. The number of ether oxygens (including phenoxy) is 1. The first-order valence-corrected chi connectivity index (χ1v) is 10.4. The Balaban J connectivity index is 1.65. The highest BCUT2D eigenvalue weighted by Crippen LogP contribution is 2.28. The first kappa shape index (κ1) is 18.2. The molecule has 0 atom stereocenters. The van der Waals surface area contributed by atoms with Gasteiger partial charge in [0.15, 0.2) is 5.16 Å². The zero-order valence-corrected chi connectivity index (χ0v) is 17.0. The van der Waals surface area contributed by atoms with Gasteiger partial charge in [0.2, 0.25) is 0 Å². The molecule has 0 fully saturated rings. The quantitative estimate of drug-likeness (QED) is 0.497. The van der Waals surface area contributed by atoms with Gasteiger partial charge >= 0.3 is 0 Å². The molecule has 0 aliphatic carbocycles. The third kappa shape index (κ3) is 3.40. The fraction of sp³-hybridized carbons (Fsp3) is 0.316. The number of nitrogens with zero attached hydrogens (tertiary/aromatic N) is 3. The number of hydrogen-bond donors (Lipinski definition) is 1. The van der Waals surface area contributed by atoms with E-state index in [0.717, 1.165) is 38.0 Å². The lowest BCUT2D eigenvalue weighted by atomic mass is 10.2. The van der Waals surface area contributed by atoms with Crippen LogP contribution in [0, 0.1) is 13.8 Å². The largest absolute Gasteiger partial charge is 0.383 e. The Morgan fingerprint density at radius 1 is 1.26 bits per heavy atom. The summed E-state index contributed by atoms with van der Waals surface area (Å²) in [7, 11) is 1.70. The van der Waals surface area contributed by atoms with Crippen molar-refractivity contribution in [1.29, 1.82) is 0 Å². The molecule has 27 heavy (non-hydrogen) atoms. The van der Waals surface area contributed by atoms with Gasteiger partial charge in [-0.25, -0.2) is 9.97 Å². The Kier molecular flexibility index (Phi) is 5.03. The number of methoxy groups -OCH3 is 1. The number of para-hydroxylation sites is 2. The number of nitrogens with one attached hydrogen (secondary N) is 1. The van der Waals surface area contributed by atoms with Gasteiger partial charge in [-0.2, -0.15) is 0 Å². The molecule has 6 nitrogen and oxygen atoms in total. The number of aromatic nitrogens is 4. The molecule has 0 unspecified atom stereocenters. The summed E-state index contributed by atoms with van der Waals surface area (Å²) in [6, 6.07) is 8.06.